The smallest absolute Gasteiger partial charge is 0.336 e. The van der Waals surface area contributed by atoms with E-state index in [4.69, 9.17) is 16.3 Å². The average Bonchev–Trinajstić information content (AvgIpc) is 3.06. The number of aromatic nitrogens is 3. The first-order valence-electron chi connectivity index (χ1n) is 8.24. The maximum absolute atomic E-state index is 11.4. The number of carbonyl (C=O) groups excluding carboxylic acids is 1. The highest BCUT2D eigenvalue weighted by atomic mass is 35.5. The summed E-state index contributed by atoms with van der Waals surface area (Å²) in [6, 6.07) is 15.6. The summed E-state index contributed by atoms with van der Waals surface area (Å²) < 4.78 is 7.22. The lowest BCUT2D eigenvalue weighted by atomic mass is 10.1. The van der Waals surface area contributed by atoms with Crippen molar-refractivity contribution in [1.82, 2.24) is 14.8 Å². The van der Waals surface area contributed by atoms with Crippen LogP contribution >= 0.6 is 11.6 Å². The zero-order valence-electron chi connectivity index (χ0n) is 14.6. The largest absolute Gasteiger partial charge is 0.463 e. The van der Waals surface area contributed by atoms with Crippen molar-refractivity contribution >= 4 is 23.2 Å². The number of aryl methyl sites for hydroxylation is 1. The SMILES string of the molecule is CCOc1nc(-c2ccccc2C)n(-c2ccc(NC(=O)CCl)cc2)n1. The number of nitrogens with one attached hydrogen (secondary N) is 1. The van der Waals surface area contributed by atoms with Gasteiger partial charge in [-0.3, -0.25) is 4.79 Å². The zero-order valence-corrected chi connectivity index (χ0v) is 15.3. The monoisotopic (exact) mass is 370 g/mol. The number of alkyl halides is 1. The molecule has 1 N–H and O–H groups in total. The number of rotatable bonds is 6. The van der Waals surface area contributed by atoms with Gasteiger partial charge in [-0.15, -0.1) is 16.7 Å². The summed E-state index contributed by atoms with van der Waals surface area (Å²) in [5.74, 6) is 0.364. The van der Waals surface area contributed by atoms with Crippen molar-refractivity contribution in [3.05, 3.63) is 54.1 Å². The van der Waals surface area contributed by atoms with Gasteiger partial charge in [0.15, 0.2) is 5.82 Å². The van der Waals surface area contributed by atoms with Gasteiger partial charge in [0.2, 0.25) is 5.91 Å². The molecule has 0 aliphatic rings. The predicted octanol–water partition coefficient (Wildman–Crippen LogP) is 3.82. The molecule has 0 saturated carbocycles. The van der Waals surface area contributed by atoms with Crippen LogP contribution in [0, 0.1) is 6.92 Å². The molecule has 0 aliphatic carbocycles. The molecule has 2 aromatic carbocycles. The molecule has 0 bridgehead atoms. The van der Waals surface area contributed by atoms with Crippen molar-refractivity contribution in [3.63, 3.8) is 0 Å². The second-order valence-electron chi connectivity index (χ2n) is 5.61. The highest BCUT2D eigenvalue weighted by molar-refractivity contribution is 6.29. The molecule has 0 atom stereocenters. The fourth-order valence-electron chi connectivity index (χ4n) is 2.54. The Morgan fingerprint density at radius 1 is 1.19 bits per heavy atom. The van der Waals surface area contributed by atoms with Gasteiger partial charge in [0, 0.05) is 11.3 Å². The maximum atomic E-state index is 11.4. The standard InChI is InChI=1S/C19H19ClN4O2/c1-3-26-19-22-18(16-7-5-4-6-13(16)2)24(23-19)15-10-8-14(9-11-15)21-17(25)12-20/h4-11H,3,12H2,1-2H3,(H,21,25). The van der Waals surface area contributed by atoms with Gasteiger partial charge in [0.1, 0.15) is 5.88 Å². The third-order valence-electron chi connectivity index (χ3n) is 3.76. The van der Waals surface area contributed by atoms with Crippen LogP contribution in [0.2, 0.25) is 0 Å². The lowest BCUT2D eigenvalue weighted by Gasteiger charge is -2.09. The van der Waals surface area contributed by atoms with Crippen LogP contribution in [0.5, 0.6) is 6.01 Å². The van der Waals surface area contributed by atoms with E-state index in [0.717, 1.165) is 16.8 Å². The molecule has 1 aromatic heterocycles. The fourth-order valence-corrected chi connectivity index (χ4v) is 2.61. The van der Waals surface area contributed by atoms with Gasteiger partial charge in [-0.1, -0.05) is 24.3 Å². The normalized spacial score (nSPS) is 10.6. The fraction of sp³-hybridized carbons (Fsp3) is 0.211. The first-order chi connectivity index (χ1) is 12.6. The Labute approximate surface area is 156 Å². The second-order valence-corrected chi connectivity index (χ2v) is 5.87. The van der Waals surface area contributed by atoms with Gasteiger partial charge in [0.25, 0.3) is 0 Å². The van der Waals surface area contributed by atoms with Crippen LogP contribution in [0.25, 0.3) is 17.1 Å². The molecule has 3 rings (SSSR count). The number of benzene rings is 2. The first-order valence-corrected chi connectivity index (χ1v) is 8.78. The van der Waals surface area contributed by atoms with Crippen LogP contribution in [0.4, 0.5) is 5.69 Å². The van der Waals surface area contributed by atoms with E-state index in [1.54, 1.807) is 16.8 Å². The van der Waals surface area contributed by atoms with Crippen LogP contribution in [0.1, 0.15) is 12.5 Å². The number of hydrogen-bond acceptors (Lipinski definition) is 4. The Kier molecular flexibility index (Phi) is 5.53. The van der Waals surface area contributed by atoms with Gasteiger partial charge in [-0.05, 0) is 43.7 Å². The number of hydrogen-bond donors (Lipinski definition) is 1. The van der Waals surface area contributed by atoms with Crippen LogP contribution in [0.3, 0.4) is 0 Å². The van der Waals surface area contributed by atoms with E-state index in [1.807, 2.05) is 50.2 Å². The molecule has 7 heteroatoms. The van der Waals surface area contributed by atoms with Crippen LogP contribution in [-0.2, 0) is 4.79 Å². The summed E-state index contributed by atoms with van der Waals surface area (Å²) in [5.41, 5.74) is 3.55. The summed E-state index contributed by atoms with van der Waals surface area (Å²) in [7, 11) is 0. The molecule has 6 nitrogen and oxygen atoms in total. The third kappa shape index (κ3) is 3.86. The van der Waals surface area contributed by atoms with Gasteiger partial charge in [-0.2, -0.15) is 4.98 Å². The Hall–Kier alpha value is -2.86. The van der Waals surface area contributed by atoms with E-state index in [2.05, 4.69) is 15.4 Å². The molecule has 0 aliphatic heterocycles. The van der Waals surface area contributed by atoms with Crippen molar-refractivity contribution in [1.29, 1.82) is 0 Å². The molecule has 134 valence electrons. The Balaban J connectivity index is 2.01. The second kappa shape index (κ2) is 8.01. The van der Waals surface area contributed by atoms with E-state index >= 15 is 0 Å². The highest BCUT2D eigenvalue weighted by Crippen LogP contribution is 2.26. The minimum atomic E-state index is -0.251. The minimum absolute atomic E-state index is 0.0834. The summed E-state index contributed by atoms with van der Waals surface area (Å²) in [6.07, 6.45) is 0. The van der Waals surface area contributed by atoms with Crippen molar-refractivity contribution in [2.24, 2.45) is 0 Å². The number of carbonyl (C=O) groups is 1. The van der Waals surface area contributed by atoms with E-state index in [0.29, 0.717) is 24.1 Å². The highest BCUT2D eigenvalue weighted by Gasteiger charge is 2.16. The molecular weight excluding hydrogens is 352 g/mol. The number of amides is 1. The van der Waals surface area contributed by atoms with Crippen molar-refractivity contribution in [3.8, 4) is 23.1 Å². The molecular formula is C19H19ClN4O2. The molecule has 26 heavy (non-hydrogen) atoms. The third-order valence-corrected chi connectivity index (χ3v) is 4.01. The zero-order chi connectivity index (χ0) is 18.5. The average molecular weight is 371 g/mol. The van der Waals surface area contributed by atoms with Crippen molar-refractivity contribution in [2.75, 3.05) is 17.8 Å². The number of anilines is 1. The number of halogens is 1. The summed E-state index contributed by atoms with van der Waals surface area (Å²) in [6.45, 7) is 4.41. The first kappa shape index (κ1) is 17.9. The topological polar surface area (TPSA) is 69.0 Å². The number of ether oxygens (including phenoxy) is 1. The van der Waals surface area contributed by atoms with Gasteiger partial charge in [-0.25, -0.2) is 4.68 Å². The van der Waals surface area contributed by atoms with Gasteiger partial charge >= 0.3 is 6.01 Å². The minimum Gasteiger partial charge on any atom is -0.463 e. The summed E-state index contributed by atoms with van der Waals surface area (Å²) >= 11 is 5.52. The Bertz CT molecular complexity index is 906. The lowest BCUT2D eigenvalue weighted by Crippen LogP contribution is -2.12. The maximum Gasteiger partial charge on any atom is 0.336 e. The van der Waals surface area contributed by atoms with Crippen LogP contribution < -0.4 is 10.1 Å². The summed E-state index contributed by atoms with van der Waals surface area (Å²) in [4.78, 5) is 15.9. The van der Waals surface area contributed by atoms with Gasteiger partial charge < -0.3 is 10.1 Å². The van der Waals surface area contributed by atoms with E-state index in [1.165, 1.54) is 0 Å². The Morgan fingerprint density at radius 2 is 1.92 bits per heavy atom. The molecule has 0 saturated heterocycles. The van der Waals surface area contributed by atoms with Crippen LogP contribution in [0.15, 0.2) is 48.5 Å². The summed E-state index contributed by atoms with van der Waals surface area (Å²) in [5, 5.41) is 7.18. The van der Waals surface area contributed by atoms with E-state index in [-0.39, 0.29) is 11.8 Å². The molecule has 0 fully saturated rings. The van der Waals surface area contributed by atoms with Gasteiger partial charge in [0.05, 0.1) is 12.3 Å². The van der Waals surface area contributed by atoms with E-state index in [9.17, 15) is 4.79 Å². The predicted molar refractivity (Wildman–Crippen MR) is 102 cm³/mol. The van der Waals surface area contributed by atoms with Crippen molar-refractivity contribution < 1.29 is 9.53 Å². The van der Waals surface area contributed by atoms with Crippen LogP contribution in [-0.4, -0.2) is 33.2 Å². The molecule has 0 unspecified atom stereocenters. The lowest BCUT2D eigenvalue weighted by molar-refractivity contribution is -0.113. The Morgan fingerprint density at radius 3 is 2.58 bits per heavy atom. The number of nitrogens with zero attached hydrogens (tertiary/aromatic N) is 3. The molecule has 0 spiro atoms. The molecule has 1 amide bonds. The molecule has 1 heterocycles. The quantitative estimate of drug-likeness (QED) is 0.670. The van der Waals surface area contributed by atoms with Crippen molar-refractivity contribution in [2.45, 2.75) is 13.8 Å². The molecule has 0 radical (unpaired) electrons. The molecule has 3 aromatic rings. The van der Waals surface area contributed by atoms with E-state index < -0.39 is 0 Å².